The Hall–Kier alpha value is -3.52. The van der Waals surface area contributed by atoms with Gasteiger partial charge >= 0.3 is 0 Å². The Balaban J connectivity index is 1.31. The molecule has 0 saturated carbocycles. The van der Waals surface area contributed by atoms with Gasteiger partial charge in [-0.25, -0.2) is 0 Å². The first-order valence-electron chi connectivity index (χ1n) is 11.5. The predicted molar refractivity (Wildman–Crippen MR) is 129 cm³/mol. The van der Waals surface area contributed by atoms with Crippen molar-refractivity contribution in [2.45, 2.75) is 43.8 Å². The average molecular weight is 442 g/mol. The average Bonchev–Trinajstić information content (AvgIpc) is 3.46. The summed E-state index contributed by atoms with van der Waals surface area (Å²) < 4.78 is 1.59. The van der Waals surface area contributed by atoms with Crippen molar-refractivity contribution in [1.82, 2.24) is 30.3 Å². The zero-order chi connectivity index (χ0) is 22.5. The molecule has 2 aliphatic rings. The number of H-pyrrole nitrogens is 1. The van der Waals surface area contributed by atoms with Gasteiger partial charge in [0.05, 0.1) is 17.4 Å². The molecule has 2 atom stereocenters. The maximum atomic E-state index is 11.8. The van der Waals surface area contributed by atoms with Crippen LogP contribution in [0, 0.1) is 0 Å². The highest BCUT2D eigenvalue weighted by atomic mass is 16.1. The van der Waals surface area contributed by atoms with E-state index in [0.717, 1.165) is 51.9 Å². The molecule has 2 unspecified atom stereocenters. The van der Waals surface area contributed by atoms with E-state index in [1.54, 1.807) is 17.7 Å². The number of piperidine rings is 1. The zero-order valence-electron chi connectivity index (χ0n) is 18.8. The van der Waals surface area contributed by atoms with Gasteiger partial charge in [0, 0.05) is 55.4 Å². The molecule has 2 fully saturated rings. The van der Waals surface area contributed by atoms with Gasteiger partial charge in [-0.2, -0.15) is 5.10 Å². The summed E-state index contributed by atoms with van der Waals surface area (Å²) in [5, 5.41) is 21.3. The quantitative estimate of drug-likeness (QED) is 0.506. The minimum atomic E-state index is -0.0312. The number of rotatable bonds is 4. The molecule has 0 radical (unpaired) electrons. The second-order valence-corrected chi connectivity index (χ2v) is 9.34. The number of aromatic amines is 1. The first kappa shape index (κ1) is 20.1. The summed E-state index contributed by atoms with van der Waals surface area (Å²) in [5.41, 5.74) is 4.62. The summed E-state index contributed by atoms with van der Waals surface area (Å²) in [6, 6.07) is 13.4. The van der Waals surface area contributed by atoms with Crippen LogP contribution in [-0.2, 0) is 7.05 Å². The van der Waals surface area contributed by atoms with Crippen LogP contribution in [0.4, 0.5) is 5.82 Å². The number of aromatic nitrogens is 5. The molecule has 0 aliphatic carbocycles. The number of hydrogen-bond acceptors (Lipinski definition) is 6. The number of nitrogens with zero attached hydrogens (tertiary/aromatic N) is 5. The number of aryl methyl sites for hydroxylation is 1. The SMILES string of the molecule is CN(c1ccc(-c2ccc(-c3ccc(=O)n(C)c3)c3cn[nH]c23)nn1)C1CC2CCC(C1)N2. The Morgan fingerprint density at radius 3 is 2.52 bits per heavy atom. The van der Waals surface area contributed by atoms with Gasteiger partial charge in [0.25, 0.3) is 0 Å². The third-order valence-corrected chi connectivity index (χ3v) is 7.30. The molecule has 3 aromatic heterocycles. The van der Waals surface area contributed by atoms with Gasteiger partial charge in [-0.05, 0) is 61.1 Å². The maximum absolute atomic E-state index is 11.8. The standard InChI is InChI=1S/C25H27N7O/c1-31-14-15(3-10-24(31)33)19-6-7-20(25-21(19)13-26-30-25)22-8-9-23(29-28-22)32(2)18-11-16-4-5-17(12-18)27-16/h3,6-10,13-14,16-18,27H,4-5,11-12H2,1-2H3,(H,26,30). The summed E-state index contributed by atoms with van der Waals surface area (Å²) in [4.78, 5) is 14.1. The summed E-state index contributed by atoms with van der Waals surface area (Å²) in [5.74, 6) is 0.910. The van der Waals surface area contributed by atoms with Gasteiger partial charge in [0.2, 0.25) is 5.56 Å². The molecule has 0 spiro atoms. The number of anilines is 1. The van der Waals surface area contributed by atoms with Crippen LogP contribution >= 0.6 is 0 Å². The molecule has 6 rings (SSSR count). The van der Waals surface area contributed by atoms with Crippen molar-refractivity contribution in [3.05, 3.63) is 59.1 Å². The molecule has 4 aromatic rings. The van der Waals surface area contributed by atoms with Gasteiger partial charge in [-0.1, -0.05) is 6.07 Å². The molecule has 1 aromatic carbocycles. The van der Waals surface area contributed by atoms with E-state index in [9.17, 15) is 4.79 Å². The molecule has 5 heterocycles. The lowest BCUT2D eigenvalue weighted by Crippen LogP contribution is -2.47. The van der Waals surface area contributed by atoms with Crippen LogP contribution in [0.2, 0.25) is 0 Å². The van der Waals surface area contributed by atoms with Crippen molar-refractivity contribution in [3.8, 4) is 22.4 Å². The molecule has 8 heteroatoms. The van der Waals surface area contributed by atoms with Gasteiger partial charge < -0.3 is 14.8 Å². The summed E-state index contributed by atoms with van der Waals surface area (Å²) in [6.45, 7) is 0. The van der Waals surface area contributed by atoms with Crippen molar-refractivity contribution >= 4 is 16.7 Å². The van der Waals surface area contributed by atoms with E-state index in [1.807, 2.05) is 30.6 Å². The fourth-order valence-electron chi connectivity index (χ4n) is 5.44. The first-order chi connectivity index (χ1) is 16.1. The van der Waals surface area contributed by atoms with Gasteiger partial charge in [0.15, 0.2) is 5.82 Å². The Morgan fingerprint density at radius 1 is 1.00 bits per heavy atom. The smallest absolute Gasteiger partial charge is 0.250 e. The van der Waals surface area contributed by atoms with Crippen LogP contribution in [0.3, 0.4) is 0 Å². The lowest BCUT2D eigenvalue weighted by atomic mass is 9.98. The largest absolute Gasteiger partial charge is 0.355 e. The normalized spacial score (nSPS) is 22.1. The van der Waals surface area contributed by atoms with Crippen LogP contribution in [0.15, 0.2) is 53.6 Å². The third-order valence-electron chi connectivity index (χ3n) is 7.30. The number of fused-ring (bicyclic) bond motifs is 3. The second-order valence-electron chi connectivity index (χ2n) is 9.34. The van der Waals surface area contributed by atoms with E-state index in [4.69, 9.17) is 0 Å². The van der Waals surface area contributed by atoms with Crippen LogP contribution in [0.25, 0.3) is 33.3 Å². The number of nitrogens with one attached hydrogen (secondary N) is 2. The molecule has 0 amide bonds. The first-order valence-corrected chi connectivity index (χ1v) is 11.5. The van der Waals surface area contributed by atoms with Crippen molar-refractivity contribution in [2.75, 3.05) is 11.9 Å². The Morgan fingerprint density at radius 2 is 1.79 bits per heavy atom. The monoisotopic (exact) mass is 441 g/mol. The Labute approximate surface area is 191 Å². The van der Waals surface area contributed by atoms with Crippen LogP contribution < -0.4 is 15.8 Å². The zero-order valence-corrected chi connectivity index (χ0v) is 18.8. The molecule has 2 N–H and O–H groups in total. The summed E-state index contributed by atoms with van der Waals surface area (Å²) >= 11 is 0. The highest BCUT2D eigenvalue weighted by molar-refractivity contribution is 6.01. The number of pyridine rings is 1. The van der Waals surface area contributed by atoms with Crippen LogP contribution in [0.1, 0.15) is 25.7 Å². The fourth-order valence-corrected chi connectivity index (χ4v) is 5.44. The van der Waals surface area contributed by atoms with E-state index in [-0.39, 0.29) is 5.56 Å². The Kier molecular flexibility index (Phi) is 4.76. The fraction of sp³-hybridized carbons (Fsp3) is 0.360. The van der Waals surface area contributed by atoms with E-state index >= 15 is 0 Å². The van der Waals surface area contributed by atoms with E-state index in [2.05, 4.69) is 49.8 Å². The van der Waals surface area contributed by atoms with E-state index in [0.29, 0.717) is 18.1 Å². The lowest BCUT2D eigenvalue weighted by Gasteiger charge is -2.36. The molecule has 2 saturated heterocycles. The lowest BCUT2D eigenvalue weighted by molar-refractivity contribution is 0.353. The highest BCUT2D eigenvalue weighted by Gasteiger charge is 2.35. The van der Waals surface area contributed by atoms with Crippen LogP contribution in [0.5, 0.6) is 0 Å². The van der Waals surface area contributed by atoms with Crippen molar-refractivity contribution in [1.29, 1.82) is 0 Å². The molecular weight excluding hydrogens is 414 g/mol. The second kappa shape index (κ2) is 7.81. The van der Waals surface area contributed by atoms with Crippen molar-refractivity contribution < 1.29 is 0 Å². The van der Waals surface area contributed by atoms with E-state index in [1.165, 1.54) is 12.8 Å². The van der Waals surface area contributed by atoms with Crippen molar-refractivity contribution in [3.63, 3.8) is 0 Å². The van der Waals surface area contributed by atoms with Gasteiger partial charge in [-0.3, -0.25) is 9.89 Å². The molecule has 2 bridgehead atoms. The third kappa shape index (κ3) is 3.51. The topological polar surface area (TPSA) is 91.7 Å². The van der Waals surface area contributed by atoms with E-state index < -0.39 is 0 Å². The predicted octanol–water partition coefficient (Wildman–Crippen LogP) is 3.10. The maximum Gasteiger partial charge on any atom is 0.250 e. The van der Waals surface area contributed by atoms with Crippen LogP contribution in [-0.4, -0.2) is 50.1 Å². The van der Waals surface area contributed by atoms with Gasteiger partial charge in [0.1, 0.15) is 0 Å². The molecular formula is C25H27N7O. The van der Waals surface area contributed by atoms with Gasteiger partial charge in [-0.15, -0.1) is 10.2 Å². The number of benzene rings is 1. The van der Waals surface area contributed by atoms with Crippen molar-refractivity contribution in [2.24, 2.45) is 7.05 Å². The minimum Gasteiger partial charge on any atom is -0.355 e. The molecule has 168 valence electrons. The minimum absolute atomic E-state index is 0.0312. The summed E-state index contributed by atoms with van der Waals surface area (Å²) in [7, 11) is 3.89. The highest BCUT2D eigenvalue weighted by Crippen LogP contribution is 2.34. The molecule has 33 heavy (non-hydrogen) atoms. The number of hydrogen-bond donors (Lipinski definition) is 2. The molecule has 2 aliphatic heterocycles. The summed E-state index contributed by atoms with van der Waals surface area (Å²) in [6.07, 6.45) is 8.57. The molecule has 8 nitrogen and oxygen atoms in total. The Bertz CT molecular complexity index is 1360.